The molecule has 4 rings (SSSR count). The number of H-pyrrole nitrogens is 1. The molecule has 0 radical (unpaired) electrons. The molecule has 6 nitrogen and oxygen atoms in total. The van der Waals surface area contributed by atoms with Gasteiger partial charge in [0, 0.05) is 0 Å². The van der Waals surface area contributed by atoms with Gasteiger partial charge in [0.15, 0.2) is 5.75 Å². The molecule has 0 saturated carbocycles. The molecule has 0 aliphatic heterocycles. The maximum absolute atomic E-state index is 12.5. The summed E-state index contributed by atoms with van der Waals surface area (Å²) in [6.45, 7) is 0. The summed E-state index contributed by atoms with van der Waals surface area (Å²) >= 11 is 12.5. The lowest BCUT2D eigenvalue weighted by Crippen LogP contribution is -2.10. The number of benzene rings is 3. The van der Waals surface area contributed by atoms with Crippen molar-refractivity contribution in [1.29, 1.82) is 5.26 Å². The van der Waals surface area contributed by atoms with E-state index in [1.165, 1.54) is 24.3 Å². The van der Waals surface area contributed by atoms with Crippen LogP contribution < -0.4 is 4.18 Å². The van der Waals surface area contributed by atoms with Gasteiger partial charge in [0.25, 0.3) is 0 Å². The van der Waals surface area contributed by atoms with E-state index in [4.69, 9.17) is 27.4 Å². The van der Waals surface area contributed by atoms with Gasteiger partial charge in [-0.2, -0.15) is 13.7 Å². The average Bonchev–Trinajstić information content (AvgIpc) is 3.19. The van der Waals surface area contributed by atoms with Gasteiger partial charge in [-0.15, -0.1) is 0 Å². The smallest absolute Gasteiger partial charge is 0.339 e. The van der Waals surface area contributed by atoms with Crippen molar-refractivity contribution >= 4 is 56.0 Å². The maximum Gasteiger partial charge on any atom is 0.339 e. The topological polar surface area (TPSA) is 95.8 Å². The molecule has 0 atom stereocenters. The Bertz CT molecular complexity index is 1400. The highest BCUT2D eigenvalue weighted by molar-refractivity contribution is 7.87. The Kier molecular flexibility index (Phi) is 5.70. The zero-order chi connectivity index (χ0) is 22.0. The van der Waals surface area contributed by atoms with Crippen LogP contribution in [-0.2, 0) is 10.1 Å². The standard InChI is InChI=1S/C22H13Cl2N3O3S/c23-17-11-14(10-15(13-25)22-26-19-8-4-5-9-20(19)27-22)12-18(24)21(17)30-31(28,29)16-6-2-1-3-7-16/h1-12H,(H,26,27)/b15-10+. The van der Waals surface area contributed by atoms with Crippen molar-refractivity contribution in [1.82, 2.24) is 9.97 Å². The number of hydrogen-bond donors (Lipinski definition) is 1. The molecule has 9 heteroatoms. The fourth-order valence-corrected chi connectivity index (χ4v) is 4.55. The summed E-state index contributed by atoms with van der Waals surface area (Å²) in [5, 5.41) is 9.56. The molecule has 154 valence electrons. The van der Waals surface area contributed by atoms with Crippen LogP contribution in [0.5, 0.6) is 5.75 Å². The lowest BCUT2D eigenvalue weighted by atomic mass is 10.1. The van der Waals surface area contributed by atoms with Crippen LogP contribution in [0.3, 0.4) is 0 Å². The van der Waals surface area contributed by atoms with Crippen LogP contribution in [-0.4, -0.2) is 18.4 Å². The zero-order valence-corrected chi connectivity index (χ0v) is 18.0. The number of aromatic nitrogens is 2. The predicted molar refractivity (Wildman–Crippen MR) is 120 cm³/mol. The molecule has 1 aromatic heterocycles. The first-order chi connectivity index (χ1) is 14.9. The van der Waals surface area contributed by atoms with Gasteiger partial charge in [-0.05, 0) is 48.0 Å². The molecule has 1 N–H and O–H groups in total. The van der Waals surface area contributed by atoms with E-state index in [1.54, 1.807) is 24.3 Å². The van der Waals surface area contributed by atoms with Gasteiger partial charge >= 0.3 is 10.1 Å². The highest BCUT2D eigenvalue weighted by Crippen LogP contribution is 2.37. The first-order valence-electron chi connectivity index (χ1n) is 8.93. The minimum Gasteiger partial charge on any atom is -0.376 e. The number of para-hydroxylation sites is 2. The van der Waals surface area contributed by atoms with Crippen LogP contribution in [0.4, 0.5) is 0 Å². The Balaban J connectivity index is 1.68. The summed E-state index contributed by atoms with van der Waals surface area (Å²) in [6, 6.07) is 20.1. The molecule has 0 fully saturated rings. The molecule has 3 aromatic carbocycles. The molecule has 0 spiro atoms. The van der Waals surface area contributed by atoms with Gasteiger partial charge in [0.05, 0.1) is 26.7 Å². The molecular formula is C22H13Cl2N3O3S. The summed E-state index contributed by atoms with van der Waals surface area (Å²) in [7, 11) is -4.11. The Morgan fingerprint density at radius 1 is 1.03 bits per heavy atom. The van der Waals surface area contributed by atoms with Crippen LogP contribution >= 0.6 is 23.2 Å². The van der Waals surface area contributed by atoms with Crippen molar-refractivity contribution in [3.05, 3.63) is 88.2 Å². The first-order valence-corrected chi connectivity index (χ1v) is 11.1. The van der Waals surface area contributed by atoms with E-state index in [-0.39, 0.29) is 26.3 Å². The van der Waals surface area contributed by atoms with Crippen LogP contribution in [0.25, 0.3) is 22.7 Å². The fourth-order valence-electron chi connectivity index (χ4n) is 2.89. The van der Waals surface area contributed by atoms with Crippen molar-refractivity contribution in [2.45, 2.75) is 4.90 Å². The molecule has 0 aliphatic carbocycles. The molecule has 0 aliphatic rings. The number of aromatic amines is 1. The van der Waals surface area contributed by atoms with Gasteiger partial charge in [0.2, 0.25) is 0 Å². The lowest BCUT2D eigenvalue weighted by Gasteiger charge is -2.11. The number of allylic oxidation sites excluding steroid dienone is 1. The monoisotopic (exact) mass is 469 g/mol. The van der Waals surface area contributed by atoms with E-state index >= 15 is 0 Å². The summed E-state index contributed by atoms with van der Waals surface area (Å²) in [6.07, 6.45) is 1.55. The highest BCUT2D eigenvalue weighted by Gasteiger charge is 2.21. The molecule has 4 aromatic rings. The second-order valence-corrected chi connectivity index (χ2v) is 8.80. The SMILES string of the molecule is N#C/C(=C\c1cc(Cl)c(OS(=O)(=O)c2ccccc2)c(Cl)c1)c1nc2ccccc2[nH]1. The largest absolute Gasteiger partial charge is 0.376 e. The third kappa shape index (κ3) is 4.42. The van der Waals surface area contributed by atoms with Gasteiger partial charge in [-0.25, -0.2) is 4.98 Å². The second-order valence-electron chi connectivity index (χ2n) is 6.44. The number of halogens is 2. The minimum atomic E-state index is -4.11. The Hall–Kier alpha value is -3.31. The number of nitrogens with zero attached hydrogens (tertiary/aromatic N) is 2. The summed E-state index contributed by atoms with van der Waals surface area (Å²) < 4.78 is 30.1. The maximum atomic E-state index is 12.5. The Morgan fingerprint density at radius 2 is 1.68 bits per heavy atom. The van der Waals surface area contributed by atoms with Crippen LogP contribution in [0.1, 0.15) is 11.4 Å². The van der Waals surface area contributed by atoms with E-state index in [0.717, 1.165) is 11.0 Å². The Labute approximate surface area is 188 Å². The molecule has 0 bridgehead atoms. The summed E-state index contributed by atoms with van der Waals surface area (Å²) in [4.78, 5) is 7.47. The molecule has 31 heavy (non-hydrogen) atoms. The summed E-state index contributed by atoms with van der Waals surface area (Å²) in [5.74, 6) is 0.203. The number of nitrogens with one attached hydrogen (secondary N) is 1. The molecule has 1 heterocycles. The van der Waals surface area contributed by atoms with Crippen molar-refractivity contribution < 1.29 is 12.6 Å². The number of imidazole rings is 1. The quantitative estimate of drug-likeness (QED) is 0.298. The minimum absolute atomic E-state index is 0.0137. The lowest BCUT2D eigenvalue weighted by molar-refractivity contribution is 0.486. The third-order valence-electron chi connectivity index (χ3n) is 4.32. The van der Waals surface area contributed by atoms with Gasteiger partial charge < -0.3 is 9.17 Å². The molecule has 0 saturated heterocycles. The van der Waals surface area contributed by atoms with E-state index in [2.05, 4.69) is 16.0 Å². The average molecular weight is 470 g/mol. The van der Waals surface area contributed by atoms with Crippen LogP contribution in [0, 0.1) is 11.3 Å². The number of fused-ring (bicyclic) bond motifs is 1. The number of nitriles is 1. The van der Waals surface area contributed by atoms with Crippen LogP contribution in [0.15, 0.2) is 71.6 Å². The predicted octanol–water partition coefficient (Wildman–Crippen LogP) is 5.70. The molecule has 0 amide bonds. The van der Waals surface area contributed by atoms with E-state index < -0.39 is 10.1 Å². The zero-order valence-electron chi connectivity index (χ0n) is 15.7. The first kappa shape index (κ1) is 20.9. The number of rotatable bonds is 5. The van der Waals surface area contributed by atoms with Crippen molar-refractivity contribution in [3.8, 4) is 11.8 Å². The van der Waals surface area contributed by atoms with Crippen LogP contribution in [0.2, 0.25) is 10.0 Å². The van der Waals surface area contributed by atoms with Gasteiger partial charge in [-0.3, -0.25) is 0 Å². The van der Waals surface area contributed by atoms with E-state index in [0.29, 0.717) is 11.4 Å². The highest BCUT2D eigenvalue weighted by atomic mass is 35.5. The third-order valence-corrected chi connectivity index (χ3v) is 6.12. The molecule has 0 unspecified atom stereocenters. The molecular weight excluding hydrogens is 457 g/mol. The van der Waals surface area contributed by atoms with Crippen molar-refractivity contribution in [3.63, 3.8) is 0 Å². The fraction of sp³-hybridized carbons (Fsp3) is 0. The number of hydrogen-bond acceptors (Lipinski definition) is 5. The second kappa shape index (κ2) is 8.44. The Morgan fingerprint density at radius 3 is 2.32 bits per heavy atom. The van der Waals surface area contributed by atoms with Crippen molar-refractivity contribution in [2.24, 2.45) is 0 Å². The van der Waals surface area contributed by atoms with E-state index in [1.807, 2.05) is 24.3 Å². The van der Waals surface area contributed by atoms with Gasteiger partial charge in [0.1, 0.15) is 16.8 Å². The van der Waals surface area contributed by atoms with Gasteiger partial charge in [-0.1, -0.05) is 53.5 Å². The normalized spacial score (nSPS) is 12.0. The van der Waals surface area contributed by atoms with Crippen molar-refractivity contribution in [2.75, 3.05) is 0 Å². The van der Waals surface area contributed by atoms with E-state index in [9.17, 15) is 13.7 Å². The summed E-state index contributed by atoms with van der Waals surface area (Å²) in [5.41, 5.74) is 2.26.